The Morgan fingerprint density at radius 1 is 0.304 bits per heavy atom. The van der Waals surface area contributed by atoms with Gasteiger partial charge in [-0.25, -0.2) is 0 Å². The van der Waals surface area contributed by atoms with Gasteiger partial charge >= 0.3 is 0 Å². The molecule has 0 radical (unpaired) electrons. The summed E-state index contributed by atoms with van der Waals surface area (Å²) < 4.78 is 143. The molecule has 0 heterocycles. The van der Waals surface area contributed by atoms with Crippen molar-refractivity contribution in [2.75, 3.05) is 0 Å². The molecule has 0 aromatic heterocycles. The van der Waals surface area contributed by atoms with E-state index in [9.17, 15) is 0 Å². The first kappa shape index (κ1) is 72.7. The Kier molecular flexibility index (Phi) is 27.3. The van der Waals surface area contributed by atoms with Gasteiger partial charge in [0, 0.05) is 19.2 Å². The maximum atomic E-state index is 8.72. The molecule has 0 fully saturated rings. The summed E-state index contributed by atoms with van der Waals surface area (Å²) in [5.74, 6) is -3.53. The molecule has 0 spiro atoms. The van der Waals surface area contributed by atoms with Crippen LogP contribution in [0.3, 0.4) is 0 Å². The standard InChI is InChI=1S/C22H22.C19H32.2C17H28.C16H26.C11H16.C10H14/c1-22(2,3)21-19(17-11-6-4-7-12-17)15-10-16-20(21)18-13-8-5-9-14-18;1-12(2)15-10-16(13(3)4)18(19(7,8)9)17(11-15)14(5)6;1-12(2)13-10-9-11-14(16(3,4)5)15(13)17(6,7)8;1-8-13(4)15-11-9-10-14(12(2)3)16(15)17(5,6)7;1-11(2)13-9-8-10-14(12(3)4)15(13)16(5,6)7;1-9-7-5-6-8-10(9)11(2,3)4;1-10(2,3)9-7-5-4-6-8-9/h4-16H,1-3H3;10-14H,1-9H3;9-12H,1-8H3;9-13H,8H2,1-7H3;8-12H,1-7H3;5-8H,1-4H3;4-8H,1-3H3/i;;12D;2D3,3D3,4D3,8D2,12D,13D;;5D,6D,7D,8D;. The highest BCUT2D eigenvalue weighted by atomic mass is 14.4. The van der Waals surface area contributed by atoms with Gasteiger partial charge in [-0.15, -0.1) is 0 Å². The van der Waals surface area contributed by atoms with Gasteiger partial charge < -0.3 is 0 Å². The molecule has 1 atom stereocenters. The van der Waals surface area contributed by atoms with Crippen molar-refractivity contribution < 1.29 is 24.7 Å². The van der Waals surface area contributed by atoms with E-state index in [-0.39, 0.29) is 67.8 Å². The normalized spacial score (nSPS) is 15.8. The van der Waals surface area contributed by atoms with Crippen molar-refractivity contribution in [1.29, 1.82) is 0 Å². The third-order valence-electron chi connectivity index (χ3n) is 20.0. The van der Waals surface area contributed by atoms with Crippen molar-refractivity contribution in [3.63, 3.8) is 0 Å². The second-order valence-corrected chi connectivity index (χ2v) is 40.4. The van der Waals surface area contributed by atoms with E-state index in [0.717, 1.165) is 18.6 Å². The number of benzene rings is 9. The van der Waals surface area contributed by atoms with Crippen molar-refractivity contribution in [3.05, 3.63) is 295 Å². The lowest BCUT2D eigenvalue weighted by atomic mass is 9.71. The van der Waals surface area contributed by atoms with Crippen LogP contribution in [0.25, 0.3) is 22.3 Å². The summed E-state index contributed by atoms with van der Waals surface area (Å²) in [6, 6.07) is 60.0. The van der Waals surface area contributed by atoms with Gasteiger partial charge in [0.15, 0.2) is 0 Å². The van der Waals surface area contributed by atoms with E-state index in [1.807, 2.05) is 34.6 Å². The number of rotatable bonds is 11. The van der Waals surface area contributed by atoms with Gasteiger partial charge in [-0.2, -0.15) is 0 Å². The lowest BCUT2D eigenvalue weighted by molar-refractivity contribution is 0.521. The molecule has 9 aromatic carbocycles. The molecular weight excluding hydrogens is 1350 g/mol. The van der Waals surface area contributed by atoms with Crippen LogP contribution in [0.4, 0.5) is 0 Å². The van der Waals surface area contributed by atoms with Crippen LogP contribution in [0.1, 0.15) is 450 Å². The molecule has 112 heavy (non-hydrogen) atoms. The van der Waals surface area contributed by atoms with Crippen LogP contribution in [0.2, 0.25) is 0 Å². The first-order chi connectivity index (χ1) is 58.4. The van der Waals surface area contributed by atoms with Crippen LogP contribution >= 0.6 is 0 Å². The van der Waals surface area contributed by atoms with Crippen LogP contribution in [-0.2, 0) is 43.3 Å². The molecule has 0 heteroatoms. The zero-order valence-electron chi connectivity index (χ0n) is 95.6. The van der Waals surface area contributed by atoms with Crippen LogP contribution < -0.4 is 0 Å². The molecule has 0 saturated heterocycles. The van der Waals surface area contributed by atoms with E-state index in [1.165, 1.54) is 73.3 Å². The maximum absolute atomic E-state index is 8.72. The molecule has 1 unspecified atom stereocenters. The zero-order chi connectivity index (χ0) is 101. The number of hydrogen-bond donors (Lipinski definition) is 0. The topological polar surface area (TPSA) is 0 Å². The van der Waals surface area contributed by atoms with Gasteiger partial charge in [0.1, 0.15) is 0 Å². The fraction of sp³-hybridized carbons (Fsp3) is 0.518. The van der Waals surface area contributed by atoms with E-state index in [2.05, 4.69) is 352 Å². The fourth-order valence-corrected chi connectivity index (χ4v) is 14.7. The lowest BCUT2D eigenvalue weighted by Gasteiger charge is -2.33. The maximum Gasteiger partial charge on any atom is 0.0626 e. The second-order valence-electron chi connectivity index (χ2n) is 40.4. The van der Waals surface area contributed by atoms with Crippen molar-refractivity contribution >= 4 is 0 Å². The van der Waals surface area contributed by atoms with E-state index >= 15 is 0 Å². The van der Waals surface area contributed by atoms with Crippen LogP contribution in [0, 0.1) is 6.92 Å². The third-order valence-corrected chi connectivity index (χ3v) is 20.0. The third kappa shape index (κ3) is 29.7. The molecule has 614 valence electrons. The highest BCUT2D eigenvalue weighted by Gasteiger charge is 2.31. The quantitative estimate of drug-likeness (QED) is 0.121. The van der Waals surface area contributed by atoms with Crippen LogP contribution in [-0.4, -0.2) is 0 Å². The molecule has 9 rings (SSSR count). The molecule has 0 aliphatic heterocycles. The molecule has 0 nitrogen and oxygen atoms in total. The van der Waals surface area contributed by atoms with Gasteiger partial charge in [0.05, 0.1) is 5.48 Å². The molecule has 0 bridgehead atoms. The van der Waals surface area contributed by atoms with Crippen molar-refractivity contribution in [2.24, 2.45) is 0 Å². The average Bonchev–Trinajstić information content (AvgIpc) is 0.702. The Labute approximate surface area is 718 Å². The summed E-state index contributed by atoms with van der Waals surface area (Å²) in [5, 5.41) is 0. The van der Waals surface area contributed by atoms with Gasteiger partial charge in [-0.3, -0.25) is 0 Å². The van der Waals surface area contributed by atoms with Gasteiger partial charge in [-0.05, 0) is 221 Å². The first-order valence-corrected chi connectivity index (χ1v) is 41.3. The fourth-order valence-electron chi connectivity index (χ4n) is 14.7. The smallest absolute Gasteiger partial charge is 0.0626 e. The lowest BCUT2D eigenvalue weighted by Crippen LogP contribution is -2.24. The van der Waals surface area contributed by atoms with Gasteiger partial charge in [0.2, 0.25) is 0 Å². The first-order valence-electron chi connectivity index (χ1n) is 50.3. The molecule has 0 aliphatic rings. The highest BCUT2D eigenvalue weighted by Crippen LogP contribution is 2.44. The molecule has 0 N–H and O–H groups in total. The van der Waals surface area contributed by atoms with Crippen LogP contribution in [0.5, 0.6) is 0 Å². The van der Waals surface area contributed by atoms with Crippen molar-refractivity contribution in [2.45, 2.75) is 381 Å². The summed E-state index contributed by atoms with van der Waals surface area (Å²) in [6.45, 7) is 71.4. The average molecular weight is 1530 g/mol. The van der Waals surface area contributed by atoms with Crippen molar-refractivity contribution in [1.82, 2.24) is 0 Å². The highest BCUT2D eigenvalue weighted by molar-refractivity contribution is 5.80. The Morgan fingerprint density at radius 3 is 0.955 bits per heavy atom. The second kappa shape index (κ2) is 42.0. The molecule has 0 saturated carbocycles. The predicted octanol–water partition coefficient (Wildman–Crippen LogP) is 35.2. The molecular formula is C112H166. The monoisotopic (exact) mass is 1530 g/mol. The van der Waals surface area contributed by atoms with E-state index in [1.54, 1.807) is 49.9 Å². The molecule has 0 aliphatic carbocycles. The summed E-state index contributed by atoms with van der Waals surface area (Å²) in [5.41, 5.74) is 22.7. The Morgan fingerprint density at radius 2 is 0.634 bits per heavy atom. The Bertz CT molecular complexity index is 4840. The van der Waals surface area contributed by atoms with E-state index < -0.39 is 55.6 Å². The number of hydrogen-bond acceptors (Lipinski definition) is 0. The predicted molar refractivity (Wildman–Crippen MR) is 508 cm³/mol. The summed E-state index contributed by atoms with van der Waals surface area (Å²) in [4.78, 5) is 0. The van der Waals surface area contributed by atoms with E-state index in [0.29, 0.717) is 46.1 Å². The minimum absolute atomic E-state index is 0.0670. The summed E-state index contributed by atoms with van der Waals surface area (Å²) >= 11 is 0. The SMILES string of the molecule is CC(C)(C)c1c(-c2ccccc2)cccc1-c1ccccc1.CC(C)(C)c1ccccc1.CC(C)c1cc(C(C)C)c(C(C)(C)C)c(C(C)C)c1.CC(C)c1cccc(C(C)C)c1C(C)(C)C.[2H]C(C)(C)c1cccc(C(C)(C)C)c1C(C)(C)C.[2H]C([2H])([2H])C([2H])(c1cccc(C([2H])(C([2H])([2H])[2H])C([2H])([2H])C)c1C(C)(C)C)C([2H])([2H])[2H].[2H]c1c([2H])c([2H])c(C(C)(C)C)c(C)c1[2H]. The zero-order valence-corrected chi connectivity index (χ0v) is 77.6. The molecule has 9 aromatic rings. The van der Waals surface area contributed by atoms with Gasteiger partial charge in [-0.1, -0.05) is 477 Å². The Hall–Kier alpha value is -7.02. The minimum Gasteiger partial charge on any atom is -0.0648 e. The minimum atomic E-state index is -3.31. The summed E-state index contributed by atoms with van der Waals surface area (Å²) in [6.07, 6.45) is -2.61. The van der Waals surface area contributed by atoms with Gasteiger partial charge in [0.25, 0.3) is 0 Å². The largest absolute Gasteiger partial charge is 0.0648 e. The van der Waals surface area contributed by atoms with E-state index in [4.69, 9.17) is 24.7 Å². The summed E-state index contributed by atoms with van der Waals surface area (Å²) in [7, 11) is 0. The van der Waals surface area contributed by atoms with Crippen molar-refractivity contribution in [3.8, 4) is 22.3 Å². The van der Waals surface area contributed by atoms with Crippen LogP contribution in [0.15, 0.2) is 200 Å². The Balaban J connectivity index is 0.000000399. The molecule has 0 amide bonds.